The minimum Gasteiger partial charge on any atom is -0.313 e. The van der Waals surface area contributed by atoms with Crippen LogP contribution in [0.2, 0.25) is 0 Å². The first kappa shape index (κ1) is 11.9. The first-order valence-corrected chi connectivity index (χ1v) is 7.20. The molecule has 1 aromatic carbocycles. The van der Waals surface area contributed by atoms with Crippen molar-refractivity contribution in [3.63, 3.8) is 0 Å². The van der Waals surface area contributed by atoms with E-state index in [1.807, 2.05) is 0 Å². The minimum absolute atomic E-state index is 0.501. The van der Waals surface area contributed by atoms with Crippen LogP contribution >= 0.6 is 38.5 Å². The van der Waals surface area contributed by atoms with Gasteiger partial charge in [0.1, 0.15) is 0 Å². The molecule has 3 heteroatoms. The van der Waals surface area contributed by atoms with Crippen LogP contribution < -0.4 is 5.32 Å². The lowest BCUT2D eigenvalue weighted by Gasteiger charge is -2.18. The monoisotopic (exact) mass is 379 g/mol. The van der Waals surface area contributed by atoms with Crippen LogP contribution in [0.15, 0.2) is 22.7 Å². The van der Waals surface area contributed by atoms with Crippen molar-refractivity contribution in [1.29, 1.82) is 0 Å². The van der Waals surface area contributed by atoms with E-state index in [0.29, 0.717) is 6.04 Å². The van der Waals surface area contributed by atoms with Crippen LogP contribution in [0.1, 0.15) is 30.9 Å². The van der Waals surface area contributed by atoms with Crippen molar-refractivity contribution in [2.24, 2.45) is 5.92 Å². The number of rotatable bonds is 4. The number of halogens is 2. The molecule has 1 saturated carbocycles. The van der Waals surface area contributed by atoms with Crippen molar-refractivity contribution >= 4 is 38.5 Å². The van der Waals surface area contributed by atoms with Gasteiger partial charge in [-0.25, -0.2) is 0 Å². The van der Waals surface area contributed by atoms with E-state index in [-0.39, 0.29) is 0 Å². The number of nitrogens with one attached hydrogen (secondary N) is 1. The van der Waals surface area contributed by atoms with Gasteiger partial charge in [-0.3, -0.25) is 0 Å². The second kappa shape index (κ2) is 5.15. The van der Waals surface area contributed by atoms with Gasteiger partial charge in [-0.1, -0.05) is 28.8 Å². The second-order valence-corrected chi connectivity index (χ2v) is 6.29. The Hall–Kier alpha value is 0.390. The highest BCUT2D eigenvalue weighted by molar-refractivity contribution is 14.1. The average molecular weight is 380 g/mol. The molecule has 15 heavy (non-hydrogen) atoms. The molecular weight excluding hydrogens is 365 g/mol. The molecule has 1 fully saturated rings. The van der Waals surface area contributed by atoms with E-state index in [2.05, 4.69) is 69.1 Å². The Morgan fingerprint density at radius 3 is 2.87 bits per heavy atom. The third kappa shape index (κ3) is 3.17. The molecule has 0 aromatic heterocycles. The maximum atomic E-state index is 3.64. The van der Waals surface area contributed by atoms with Crippen molar-refractivity contribution in [2.45, 2.75) is 25.3 Å². The zero-order valence-corrected chi connectivity index (χ0v) is 12.5. The minimum atomic E-state index is 0.501. The fourth-order valence-corrected chi connectivity index (χ4v) is 2.91. The molecule has 1 aromatic rings. The predicted molar refractivity (Wildman–Crippen MR) is 76.0 cm³/mol. The van der Waals surface area contributed by atoms with Gasteiger partial charge in [0.05, 0.1) is 0 Å². The standard InChI is InChI=1S/C12H15BrIN/c1-15-12(6-8-2-3-8)10-7-9(14)4-5-11(10)13/h4-5,7-8,12,15H,2-3,6H2,1H3. The van der Waals surface area contributed by atoms with E-state index < -0.39 is 0 Å². The van der Waals surface area contributed by atoms with Gasteiger partial charge in [0.2, 0.25) is 0 Å². The van der Waals surface area contributed by atoms with Crippen LogP contribution in [0.4, 0.5) is 0 Å². The molecule has 1 aliphatic rings. The summed E-state index contributed by atoms with van der Waals surface area (Å²) in [6, 6.07) is 7.06. The molecule has 0 aliphatic heterocycles. The van der Waals surface area contributed by atoms with Crippen molar-refractivity contribution < 1.29 is 0 Å². The highest BCUT2D eigenvalue weighted by Crippen LogP contribution is 2.39. The maximum absolute atomic E-state index is 3.64. The fourth-order valence-electron chi connectivity index (χ4n) is 1.87. The quantitative estimate of drug-likeness (QED) is 0.776. The van der Waals surface area contributed by atoms with Crippen molar-refractivity contribution in [3.05, 3.63) is 31.8 Å². The Labute approximate surface area is 113 Å². The summed E-state index contributed by atoms with van der Waals surface area (Å²) in [5.74, 6) is 0.951. The highest BCUT2D eigenvalue weighted by atomic mass is 127. The maximum Gasteiger partial charge on any atom is 0.0331 e. The second-order valence-electron chi connectivity index (χ2n) is 4.19. The molecule has 1 atom stereocenters. The first-order chi connectivity index (χ1) is 7.20. The summed E-state index contributed by atoms with van der Waals surface area (Å²) in [6.45, 7) is 0. The Morgan fingerprint density at radius 1 is 1.53 bits per heavy atom. The topological polar surface area (TPSA) is 12.0 Å². The lowest BCUT2D eigenvalue weighted by molar-refractivity contribution is 0.512. The molecule has 0 saturated heterocycles. The van der Waals surface area contributed by atoms with Crippen LogP contribution in [-0.2, 0) is 0 Å². The molecule has 1 aliphatic carbocycles. The number of hydrogen-bond donors (Lipinski definition) is 1. The van der Waals surface area contributed by atoms with E-state index >= 15 is 0 Å². The summed E-state index contributed by atoms with van der Waals surface area (Å²) in [5, 5.41) is 3.42. The Balaban J connectivity index is 2.19. The van der Waals surface area contributed by atoms with Gasteiger partial charge in [-0.05, 0) is 65.7 Å². The van der Waals surface area contributed by atoms with Gasteiger partial charge < -0.3 is 5.32 Å². The van der Waals surface area contributed by atoms with E-state index in [4.69, 9.17) is 0 Å². The normalized spacial score (nSPS) is 17.8. The molecule has 0 amide bonds. The molecule has 0 bridgehead atoms. The van der Waals surface area contributed by atoms with E-state index in [1.54, 1.807) is 0 Å². The molecule has 1 unspecified atom stereocenters. The van der Waals surface area contributed by atoms with Crippen LogP contribution in [0, 0.1) is 9.49 Å². The van der Waals surface area contributed by atoms with Crippen molar-refractivity contribution in [2.75, 3.05) is 7.05 Å². The third-order valence-electron chi connectivity index (χ3n) is 2.95. The molecular formula is C12H15BrIN. The first-order valence-electron chi connectivity index (χ1n) is 5.33. The summed E-state index contributed by atoms with van der Waals surface area (Å²) in [6.07, 6.45) is 4.11. The zero-order valence-electron chi connectivity index (χ0n) is 8.76. The van der Waals surface area contributed by atoms with E-state index in [1.165, 1.54) is 32.9 Å². The molecule has 0 radical (unpaired) electrons. The smallest absolute Gasteiger partial charge is 0.0331 e. The lowest BCUT2D eigenvalue weighted by atomic mass is 10.0. The zero-order chi connectivity index (χ0) is 10.8. The van der Waals surface area contributed by atoms with Crippen LogP contribution in [0.5, 0.6) is 0 Å². The van der Waals surface area contributed by atoms with Crippen LogP contribution in [0.25, 0.3) is 0 Å². The summed E-state index contributed by atoms with van der Waals surface area (Å²) >= 11 is 6.01. The SMILES string of the molecule is CNC(CC1CC1)c1cc(I)ccc1Br. The van der Waals surface area contributed by atoms with Gasteiger partial charge >= 0.3 is 0 Å². The van der Waals surface area contributed by atoms with Crippen LogP contribution in [0.3, 0.4) is 0 Å². The predicted octanol–water partition coefficient (Wildman–Crippen LogP) is 4.11. The molecule has 1 N–H and O–H groups in total. The van der Waals surface area contributed by atoms with Gasteiger partial charge in [0.25, 0.3) is 0 Å². The number of hydrogen-bond acceptors (Lipinski definition) is 1. The fraction of sp³-hybridized carbons (Fsp3) is 0.500. The molecule has 1 nitrogen and oxygen atoms in total. The van der Waals surface area contributed by atoms with E-state index in [0.717, 1.165) is 5.92 Å². The Morgan fingerprint density at radius 2 is 2.27 bits per heavy atom. The summed E-state index contributed by atoms with van der Waals surface area (Å²) in [5.41, 5.74) is 1.40. The van der Waals surface area contributed by atoms with Crippen LogP contribution in [-0.4, -0.2) is 7.05 Å². The molecule has 0 heterocycles. The Bertz CT molecular complexity index is 349. The molecule has 2 rings (SSSR count). The highest BCUT2D eigenvalue weighted by Gasteiger charge is 2.26. The Kier molecular flexibility index (Phi) is 4.07. The van der Waals surface area contributed by atoms with Gasteiger partial charge in [-0.15, -0.1) is 0 Å². The third-order valence-corrected chi connectivity index (χ3v) is 4.34. The number of benzene rings is 1. The van der Waals surface area contributed by atoms with Crippen molar-refractivity contribution in [1.82, 2.24) is 5.32 Å². The molecule has 82 valence electrons. The summed E-state index contributed by atoms with van der Waals surface area (Å²) in [7, 11) is 2.05. The van der Waals surface area contributed by atoms with Gasteiger partial charge in [-0.2, -0.15) is 0 Å². The van der Waals surface area contributed by atoms with Gasteiger partial charge in [0, 0.05) is 14.1 Å². The van der Waals surface area contributed by atoms with Crippen molar-refractivity contribution in [3.8, 4) is 0 Å². The lowest BCUT2D eigenvalue weighted by Crippen LogP contribution is -2.17. The largest absolute Gasteiger partial charge is 0.313 e. The molecule has 0 spiro atoms. The average Bonchev–Trinajstić information content (AvgIpc) is 3.02. The summed E-state index contributed by atoms with van der Waals surface area (Å²) in [4.78, 5) is 0. The van der Waals surface area contributed by atoms with E-state index in [9.17, 15) is 0 Å². The van der Waals surface area contributed by atoms with Gasteiger partial charge in [0.15, 0.2) is 0 Å². The summed E-state index contributed by atoms with van der Waals surface area (Å²) < 4.78 is 2.53.